The van der Waals surface area contributed by atoms with Gasteiger partial charge in [-0.15, -0.1) is 0 Å². The lowest BCUT2D eigenvalue weighted by Crippen LogP contribution is -2.28. The Morgan fingerprint density at radius 1 is 0.413 bits per heavy atom. The topological polar surface area (TPSA) is 124 Å². The standard InChI is InChI=1S/C20H24O.C19H32O2.C19H30O.C18H26O.C17H26O2S.C17H24O.C17H26S.CH4/c1-4-5-10-17-11-7-12-18(13-17)20(21)14-19-15(2)8-6-9-16(19)3;1-4-11-19(20,12-5-2)13-10-17-8-7-9-18(15-17)16-21-14-6-3;1-4-7-11-17-12-8-13-18(14-17)19(20)15-16(9-5-2)10-6-3;1-2-3-8-15-11-7-12-17(13-15)18(19)14-16-9-5-4-6-10-16;1-2-3-8-15-9-7-10-16(13-15)14-20(18,19)17-11-5-4-6-12-17;2*1-2-3-8-15-9-7-10-16(13-15)14-18-17-11-5-4-6-12-17;/h6-9,11-13H,4-5,10,14H2,1-3H3;7-9,15,20H,4-6,10-14,16H2,1-3H3;8,12-14,16H,4-7,9-11,15H2,1-3H3;7,11-13,16H,2-6,8-10,14H2,1H3;7,9-10,13,17H,2-6,8,11-12,14H2,1H3;3,7-10,13,17H,2,4-6,11-12,14H2,1H3;7,9-10,13,17H,2-6,8,11-12,14H2,1H3;1H4/b;;;;;8-3+;;. The van der Waals surface area contributed by atoms with Crippen molar-refractivity contribution in [2.24, 2.45) is 11.8 Å². The van der Waals surface area contributed by atoms with Gasteiger partial charge in [0, 0.05) is 53.6 Å². The van der Waals surface area contributed by atoms with Crippen LogP contribution in [0, 0.1) is 25.7 Å². The second-order valence-corrected chi connectivity index (χ2v) is 43.9. The molecule has 0 radical (unpaired) electrons. The number of allylic oxidation sites excluding steroid dienone is 1. The van der Waals surface area contributed by atoms with Crippen molar-refractivity contribution in [3.05, 3.63) is 289 Å². The molecular weight excluding hydrogens is 1730 g/mol. The van der Waals surface area contributed by atoms with Crippen molar-refractivity contribution in [2.45, 2.75) is 465 Å². The highest BCUT2D eigenvalue weighted by Crippen LogP contribution is 2.34. The van der Waals surface area contributed by atoms with E-state index in [9.17, 15) is 27.9 Å². The average molecular weight is 1920 g/mol. The molecule has 4 aliphatic carbocycles. The zero-order valence-electron chi connectivity index (χ0n) is 88.5. The van der Waals surface area contributed by atoms with E-state index in [1.165, 1.54) is 277 Å². The molecule has 0 spiro atoms. The quantitative estimate of drug-likeness (QED) is 0.0293. The van der Waals surface area contributed by atoms with Gasteiger partial charge in [0.25, 0.3) is 0 Å². The molecule has 0 aliphatic heterocycles. The first-order valence-corrected chi connectivity index (χ1v) is 58.0. The molecule has 0 heterocycles. The smallest absolute Gasteiger partial charge is 0.167 e. The summed E-state index contributed by atoms with van der Waals surface area (Å²) in [6.07, 6.45) is 62.4. The summed E-state index contributed by atoms with van der Waals surface area (Å²) in [5.74, 6) is 3.53. The second-order valence-electron chi connectivity index (χ2n) is 40.3. The van der Waals surface area contributed by atoms with E-state index < -0.39 is 15.4 Å². The molecule has 0 bridgehead atoms. The summed E-state index contributed by atoms with van der Waals surface area (Å²) in [4.78, 5) is 37.3. The Balaban J connectivity index is 0.000000284. The summed E-state index contributed by atoms with van der Waals surface area (Å²) in [5.41, 5.74) is 20.0. The number of carbonyl (C=O) groups is 3. The van der Waals surface area contributed by atoms with Crippen molar-refractivity contribution < 1.29 is 37.4 Å². The third-order valence-corrected chi connectivity index (χ3v) is 31.5. The van der Waals surface area contributed by atoms with Crippen LogP contribution in [0.2, 0.25) is 0 Å². The van der Waals surface area contributed by atoms with E-state index in [1.807, 2.05) is 54.6 Å². The van der Waals surface area contributed by atoms with E-state index >= 15 is 0 Å². The highest BCUT2D eigenvalue weighted by Gasteiger charge is 2.29. The fourth-order valence-electron chi connectivity index (χ4n) is 19.7. The van der Waals surface area contributed by atoms with Crippen LogP contribution in [-0.4, -0.2) is 59.7 Å². The van der Waals surface area contributed by atoms with Gasteiger partial charge in [0.1, 0.15) is 0 Å². The molecule has 4 aliphatic rings. The van der Waals surface area contributed by atoms with E-state index in [1.54, 1.807) is 0 Å². The molecule has 8 aromatic carbocycles. The van der Waals surface area contributed by atoms with E-state index in [-0.39, 0.29) is 24.2 Å². The Kier molecular flexibility index (Phi) is 64.7. The predicted molar refractivity (Wildman–Crippen MR) is 598 cm³/mol. The fourth-order valence-corrected chi connectivity index (χ4v) is 22.9. The van der Waals surface area contributed by atoms with Crippen molar-refractivity contribution in [1.29, 1.82) is 0 Å². The Bertz CT molecular complexity index is 4650. The number of ketones is 3. The van der Waals surface area contributed by atoms with Gasteiger partial charge in [0.05, 0.1) is 35.9 Å². The summed E-state index contributed by atoms with van der Waals surface area (Å²) in [6, 6.07) is 65.5. The van der Waals surface area contributed by atoms with Gasteiger partial charge in [-0.05, 0) is 269 Å². The molecule has 0 aromatic heterocycles. The first kappa shape index (κ1) is 121. The normalized spacial score (nSPS) is 14.3. The van der Waals surface area contributed by atoms with Crippen LogP contribution in [0.5, 0.6) is 0 Å². The van der Waals surface area contributed by atoms with E-state index in [0.717, 1.165) is 156 Å². The Labute approximate surface area is 849 Å². The van der Waals surface area contributed by atoms with E-state index in [2.05, 4.69) is 247 Å². The highest BCUT2D eigenvalue weighted by atomic mass is 32.2. The number of ether oxygens (including phenoxy) is 2. The van der Waals surface area contributed by atoms with Crippen LogP contribution < -0.4 is 0 Å². The molecule has 0 unspecified atom stereocenters. The first-order chi connectivity index (χ1) is 66.6. The van der Waals surface area contributed by atoms with Crippen molar-refractivity contribution in [3.63, 3.8) is 0 Å². The van der Waals surface area contributed by atoms with Gasteiger partial charge >= 0.3 is 0 Å². The molecular formula is C128H192O8S2. The van der Waals surface area contributed by atoms with Gasteiger partial charge in [-0.2, -0.15) is 11.8 Å². The summed E-state index contributed by atoms with van der Waals surface area (Å²) in [5, 5.41) is 11.5. The van der Waals surface area contributed by atoms with Gasteiger partial charge in [-0.1, -0.05) is 420 Å². The lowest BCUT2D eigenvalue weighted by atomic mass is 9.84. The van der Waals surface area contributed by atoms with Crippen LogP contribution >= 0.6 is 11.8 Å². The van der Waals surface area contributed by atoms with Crippen LogP contribution in [0.3, 0.4) is 0 Å². The number of hydrogen-bond donors (Lipinski definition) is 1. The third kappa shape index (κ3) is 51.1. The van der Waals surface area contributed by atoms with Gasteiger partial charge in [0.15, 0.2) is 27.2 Å². The number of carbonyl (C=O) groups excluding carboxylic acids is 3. The highest BCUT2D eigenvalue weighted by molar-refractivity contribution is 7.99. The van der Waals surface area contributed by atoms with Crippen molar-refractivity contribution >= 4 is 45.0 Å². The summed E-state index contributed by atoms with van der Waals surface area (Å²) >= 11 is 2.18. The summed E-state index contributed by atoms with van der Waals surface area (Å²) in [6.45, 7) is 30.5. The molecule has 138 heavy (non-hydrogen) atoms. The maximum atomic E-state index is 12.5. The number of sulfone groups is 1. The molecule has 0 saturated heterocycles. The summed E-state index contributed by atoms with van der Waals surface area (Å²) < 4.78 is 36.6. The number of aryl methyl sites for hydroxylation is 8. The molecule has 4 fully saturated rings. The van der Waals surface area contributed by atoms with Crippen LogP contribution in [0.4, 0.5) is 0 Å². The van der Waals surface area contributed by atoms with Crippen molar-refractivity contribution in [3.8, 4) is 0 Å². The molecule has 8 aromatic rings. The number of thioether (sulfide) groups is 1. The van der Waals surface area contributed by atoms with E-state index in [4.69, 9.17) is 9.47 Å². The number of Topliss-reactive ketones (excluding diaryl/α,β-unsaturated/α-hetero) is 3. The Hall–Kier alpha value is -7.31. The minimum Gasteiger partial charge on any atom is -0.390 e. The maximum Gasteiger partial charge on any atom is 0.167 e. The van der Waals surface area contributed by atoms with Gasteiger partial charge < -0.3 is 14.6 Å². The van der Waals surface area contributed by atoms with Crippen LogP contribution in [0.25, 0.3) is 6.08 Å². The SMILES string of the molecule is C.CC/C=C/c1cccc(COC2CCCCC2)c1.CCCCc1cccc(C(=O)CC(CCC)CCC)c1.CCCCc1cccc(C(=O)CC2CCCCC2)c1.CCCCc1cccc(C(=O)Cc2c(C)cccc2C)c1.CCCCc1cccc(CS(=O)(=O)C2CCCCC2)c1.CCCCc1cccc(CSC2CCCCC2)c1.CCCOCc1cccc(CCC(O)(CCC)CCC)c1. The van der Waals surface area contributed by atoms with Gasteiger partial charge in [-0.3, -0.25) is 14.4 Å². The molecule has 12 rings (SSSR count). The van der Waals surface area contributed by atoms with Gasteiger partial charge in [-0.25, -0.2) is 8.42 Å². The number of benzene rings is 8. The number of hydrogen-bond acceptors (Lipinski definition) is 9. The lowest BCUT2D eigenvalue weighted by molar-refractivity contribution is 0.0131. The maximum absolute atomic E-state index is 12.5. The van der Waals surface area contributed by atoms with Crippen molar-refractivity contribution in [1.82, 2.24) is 0 Å². The zero-order valence-corrected chi connectivity index (χ0v) is 90.1. The van der Waals surface area contributed by atoms with Gasteiger partial charge in [0.2, 0.25) is 0 Å². The van der Waals surface area contributed by atoms with E-state index in [0.29, 0.717) is 42.5 Å². The first-order valence-electron chi connectivity index (χ1n) is 55.3. The molecule has 764 valence electrons. The third-order valence-electron chi connectivity index (χ3n) is 27.8. The molecule has 1 N–H and O–H groups in total. The van der Waals surface area contributed by atoms with Crippen LogP contribution in [0.15, 0.2) is 194 Å². The Morgan fingerprint density at radius 2 is 0.819 bits per heavy atom. The number of unbranched alkanes of at least 4 members (excludes halogenated alkanes) is 5. The predicted octanol–water partition coefficient (Wildman–Crippen LogP) is 36.4. The molecule has 4 saturated carbocycles. The van der Waals surface area contributed by atoms with Crippen LogP contribution in [0.1, 0.15) is 469 Å². The molecule has 0 atom stereocenters. The van der Waals surface area contributed by atoms with Crippen molar-refractivity contribution in [2.75, 3.05) is 6.61 Å². The lowest BCUT2D eigenvalue weighted by Gasteiger charge is -2.27. The molecule has 0 amide bonds. The number of rotatable bonds is 50. The minimum atomic E-state index is -2.97. The largest absolute Gasteiger partial charge is 0.390 e. The zero-order chi connectivity index (χ0) is 98.8. The molecule has 8 nitrogen and oxygen atoms in total. The second kappa shape index (κ2) is 73.7. The average Bonchev–Trinajstić information content (AvgIpc) is 0.834. The van der Waals surface area contributed by atoms with Crippen LogP contribution in [-0.2, 0) is 89.0 Å². The number of aliphatic hydroxyl groups is 1. The fraction of sp³-hybridized carbons (Fsp3) is 0.586. The molecule has 10 heteroatoms. The Morgan fingerprint density at radius 3 is 1.30 bits per heavy atom. The monoisotopic (exact) mass is 1920 g/mol. The summed E-state index contributed by atoms with van der Waals surface area (Å²) in [7, 11) is -2.97. The minimum absolute atomic E-state index is 0.